The highest BCUT2D eigenvalue weighted by atomic mass is 16.5. The molecule has 0 aliphatic heterocycles. The van der Waals surface area contributed by atoms with Crippen LogP contribution in [-0.4, -0.2) is 13.2 Å². The van der Waals surface area contributed by atoms with E-state index in [1.165, 1.54) is 7.11 Å². The van der Waals surface area contributed by atoms with Gasteiger partial charge in [0.1, 0.15) is 0 Å². The lowest BCUT2D eigenvalue weighted by molar-refractivity contribution is 0.168. The summed E-state index contributed by atoms with van der Waals surface area (Å²) in [5.41, 5.74) is 2.09. The van der Waals surface area contributed by atoms with E-state index in [1.54, 1.807) is 0 Å². The van der Waals surface area contributed by atoms with E-state index in [1.807, 2.05) is 72.8 Å². The first kappa shape index (κ1) is 13.9. The molecule has 0 aromatic heterocycles. The molecule has 0 radical (unpaired) electrons. The average molecular weight is 267 g/mol. The van der Waals surface area contributed by atoms with Crippen LogP contribution in [-0.2, 0) is 4.74 Å². The molecule has 0 spiro atoms. The second-order valence-corrected chi connectivity index (χ2v) is 4.29. The van der Waals surface area contributed by atoms with Crippen LogP contribution >= 0.6 is 0 Å². The number of hydrogen-bond donors (Lipinski definition) is 1. The van der Waals surface area contributed by atoms with Crippen molar-refractivity contribution < 1.29 is 9.53 Å². The molecule has 2 aromatic carbocycles. The predicted molar refractivity (Wildman–Crippen MR) is 80.2 cm³/mol. The maximum absolute atomic E-state index is 11.4. The van der Waals surface area contributed by atoms with Crippen molar-refractivity contribution in [2.75, 3.05) is 7.11 Å². The third kappa shape index (κ3) is 3.99. The molecule has 0 heterocycles. The van der Waals surface area contributed by atoms with Crippen molar-refractivity contribution in [3.8, 4) is 0 Å². The Bertz CT molecular complexity index is 564. The minimum atomic E-state index is -0.448. The normalized spacial score (nSPS) is 12.1. The molecule has 0 saturated carbocycles. The fourth-order valence-corrected chi connectivity index (χ4v) is 1.86. The molecule has 1 unspecified atom stereocenters. The zero-order chi connectivity index (χ0) is 14.2. The van der Waals surface area contributed by atoms with E-state index in [0.717, 1.165) is 11.1 Å². The quantitative estimate of drug-likeness (QED) is 0.915. The summed E-state index contributed by atoms with van der Waals surface area (Å²) >= 11 is 0. The van der Waals surface area contributed by atoms with Crippen LogP contribution in [0.5, 0.6) is 0 Å². The van der Waals surface area contributed by atoms with Gasteiger partial charge in [-0.1, -0.05) is 72.8 Å². The molecule has 2 rings (SSSR count). The van der Waals surface area contributed by atoms with Gasteiger partial charge < -0.3 is 10.1 Å². The minimum absolute atomic E-state index is 0.219. The van der Waals surface area contributed by atoms with E-state index in [4.69, 9.17) is 0 Å². The molecule has 1 amide bonds. The number of ether oxygens (including phenoxy) is 1. The van der Waals surface area contributed by atoms with E-state index >= 15 is 0 Å². The Morgan fingerprint density at radius 2 is 1.65 bits per heavy atom. The molecule has 1 atom stereocenters. The maximum atomic E-state index is 11.4. The van der Waals surface area contributed by atoms with Crippen molar-refractivity contribution in [2.24, 2.45) is 0 Å². The Hall–Kier alpha value is -2.55. The first-order chi connectivity index (χ1) is 9.79. The Labute approximate surface area is 118 Å². The number of carbonyl (C=O) groups excluding carboxylic acids is 1. The lowest BCUT2D eigenvalue weighted by Crippen LogP contribution is -2.26. The van der Waals surface area contributed by atoms with Crippen LogP contribution in [0.1, 0.15) is 17.2 Å². The van der Waals surface area contributed by atoms with E-state index in [-0.39, 0.29) is 6.04 Å². The second-order valence-electron chi connectivity index (χ2n) is 4.29. The van der Waals surface area contributed by atoms with Gasteiger partial charge >= 0.3 is 6.09 Å². The highest BCUT2D eigenvalue weighted by molar-refractivity contribution is 5.68. The standard InChI is InChI=1S/C17H17NO2/c1-20-17(19)18-16(15-10-6-3-7-11-15)13-12-14-8-4-2-5-9-14/h2-13,16H,1H3,(H,18,19). The van der Waals surface area contributed by atoms with Crippen molar-refractivity contribution in [1.82, 2.24) is 5.32 Å². The second kappa shape index (κ2) is 7.14. The van der Waals surface area contributed by atoms with Crippen LogP contribution in [0.4, 0.5) is 4.79 Å². The molecule has 102 valence electrons. The molecule has 3 heteroatoms. The van der Waals surface area contributed by atoms with Crippen LogP contribution in [0.3, 0.4) is 0 Å². The molecule has 0 bridgehead atoms. The third-order valence-electron chi connectivity index (χ3n) is 2.90. The number of nitrogens with one attached hydrogen (secondary N) is 1. The van der Waals surface area contributed by atoms with E-state index in [0.29, 0.717) is 0 Å². The smallest absolute Gasteiger partial charge is 0.407 e. The average Bonchev–Trinajstić information content (AvgIpc) is 2.53. The highest BCUT2D eigenvalue weighted by Gasteiger charge is 2.10. The molecule has 0 aliphatic carbocycles. The lowest BCUT2D eigenvalue weighted by Gasteiger charge is -2.14. The Morgan fingerprint density at radius 1 is 1.05 bits per heavy atom. The molecule has 3 nitrogen and oxygen atoms in total. The van der Waals surface area contributed by atoms with Gasteiger partial charge in [0.25, 0.3) is 0 Å². The number of carbonyl (C=O) groups is 1. The molecule has 1 N–H and O–H groups in total. The fourth-order valence-electron chi connectivity index (χ4n) is 1.86. The molecule has 0 fully saturated rings. The Balaban J connectivity index is 2.19. The minimum Gasteiger partial charge on any atom is -0.453 e. The van der Waals surface area contributed by atoms with Crippen LogP contribution in [0, 0.1) is 0 Å². The van der Waals surface area contributed by atoms with Crippen molar-refractivity contribution >= 4 is 12.2 Å². The first-order valence-electron chi connectivity index (χ1n) is 6.42. The largest absolute Gasteiger partial charge is 0.453 e. The van der Waals surface area contributed by atoms with Crippen molar-refractivity contribution in [3.05, 3.63) is 77.9 Å². The van der Waals surface area contributed by atoms with Crippen molar-refractivity contribution in [2.45, 2.75) is 6.04 Å². The number of benzene rings is 2. The molecular weight excluding hydrogens is 250 g/mol. The summed E-state index contributed by atoms with van der Waals surface area (Å²) in [7, 11) is 1.36. The summed E-state index contributed by atoms with van der Waals surface area (Å²) < 4.78 is 4.67. The van der Waals surface area contributed by atoms with Gasteiger partial charge in [0.2, 0.25) is 0 Å². The summed E-state index contributed by atoms with van der Waals surface area (Å²) in [4.78, 5) is 11.4. The van der Waals surface area contributed by atoms with Crippen LogP contribution in [0.15, 0.2) is 66.7 Å². The van der Waals surface area contributed by atoms with Gasteiger partial charge in [-0.2, -0.15) is 0 Å². The van der Waals surface area contributed by atoms with Gasteiger partial charge in [-0.05, 0) is 11.1 Å². The topological polar surface area (TPSA) is 38.3 Å². The summed E-state index contributed by atoms with van der Waals surface area (Å²) in [6.07, 6.45) is 3.48. The third-order valence-corrected chi connectivity index (χ3v) is 2.90. The Kier molecular flexibility index (Phi) is 4.95. The van der Waals surface area contributed by atoms with Crippen LogP contribution in [0.2, 0.25) is 0 Å². The van der Waals surface area contributed by atoms with Gasteiger partial charge in [0, 0.05) is 0 Å². The van der Waals surface area contributed by atoms with Crippen molar-refractivity contribution in [3.63, 3.8) is 0 Å². The lowest BCUT2D eigenvalue weighted by atomic mass is 10.1. The molecular formula is C17H17NO2. The zero-order valence-electron chi connectivity index (χ0n) is 11.3. The predicted octanol–water partition coefficient (Wildman–Crippen LogP) is 3.80. The fraction of sp³-hybridized carbons (Fsp3) is 0.118. The highest BCUT2D eigenvalue weighted by Crippen LogP contribution is 2.16. The molecule has 20 heavy (non-hydrogen) atoms. The maximum Gasteiger partial charge on any atom is 0.407 e. The SMILES string of the molecule is COC(=O)NC(C=Cc1ccccc1)c1ccccc1. The van der Waals surface area contributed by atoms with E-state index in [2.05, 4.69) is 10.1 Å². The number of amides is 1. The summed E-state index contributed by atoms with van der Waals surface area (Å²) in [6, 6.07) is 19.5. The molecule has 2 aromatic rings. The van der Waals surface area contributed by atoms with Crippen LogP contribution in [0.25, 0.3) is 6.08 Å². The Morgan fingerprint density at radius 3 is 2.25 bits per heavy atom. The van der Waals surface area contributed by atoms with Gasteiger partial charge in [0.15, 0.2) is 0 Å². The van der Waals surface area contributed by atoms with Gasteiger partial charge in [-0.15, -0.1) is 0 Å². The van der Waals surface area contributed by atoms with Gasteiger partial charge in [-0.3, -0.25) is 0 Å². The summed E-state index contributed by atoms with van der Waals surface area (Å²) in [6.45, 7) is 0. The van der Waals surface area contributed by atoms with E-state index < -0.39 is 6.09 Å². The number of alkyl carbamates (subject to hydrolysis) is 1. The van der Waals surface area contributed by atoms with E-state index in [9.17, 15) is 4.79 Å². The monoisotopic (exact) mass is 267 g/mol. The summed E-state index contributed by atoms with van der Waals surface area (Å²) in [5.74, 6) is 0. The summed E-state index contributed by atoms with van der Waals surface area (Å²) in [5, 5.41) is 2.81. The van der Waals surface area contributed by atoms with Crippen LogP contribution < -0.4 is 5.32 Å². The first-order valence-corrected chi connectivity index (χ1v) is 6.42. The number of hydrogen-bond acceptors (Lipinski definition) is 2. The molecule has 0 saturated heterocycles. The number of methoxy groups -OCH3 is 1. The number of rotatable bonds is 4. The van der Waals surface area contributed by atoms with Gasteiger partial charge in [-0.25, -0.2) is 4.79 Å². The molecule has 0 aliphatic rings. The zero-order valence-corrected chi connectivity index (χ0v) is 11.3. The van der Waals surface area contributed by atoms with Gasteiger partial charge in [0.05, 0.1) is 13.2 Å². The van der Waals surface area contributed by atoms with Crippen molar-refractivity contribution in [1.29, 1.82) is 0 Å².